The minimum Gasteiger partial charge on any atom is -0.462 e. The summed E-state index contributed by atoms with van der Waals surface area (Å²) in [5.74, 6) is -0.666. The van der Waals surface area contributed by atoms with Crippen LogP contribution in [0.25, 0.3) is 0 Å². The number of carbonyl (C=O) groups excluding carboxylic acids is 2. The molecular formula is C41H70O5. The molecule has 0 heterocycles. The van der Waals surface area contributed by atoms with Crippen molar-refractivity contribution in [3.8, 4) is 0 Å². The number of esters is 2. The zero-order chi connectivity index (χ0) is 33.6. The van der Waals surface area contributed by atoms with Gasteiger partial charge in [0, 0.05) is 12.8 Å². The molecule has 264 valence electrons. The van der Waals surface area contributed by atoms with Gasteiger partial charge in [0.1, 0.15) is 6.61 Å². The highest BCUT2D eigenvalue weighted by molar-refractivity contribution is 5.70. The maximum atomic E-state index is 12.1. The zero-order valence-corrected chi connectivity index (χ0v) is 29.8. The molecule has 0 amide bonds. The molecule has 0 aromatic carbocycles. The molecule has 0 aliphatic rings. The first-order chi connectivity index (χ1) is 22.6. The Morgan fingerprint density at radius 3 is 1.43 bits per heavy atom. The first kappa shape index (κ1) is 43.6. The summed E-state index contributed by atoms with van der Waals surface area (Å²) in [5, 5.41) is 9.53. The normalized spacial score (nSPS) is 12.8. The first-order valence-electron chi connectivity index (χ1n) is 18.8. The summed E-state index contributed by atoms with van der Waals surface area (Å²) >= 11 is 0. The van der Waals surface area contributed by atoms with Crippen molar-refractivity contribution in [1.29, 1.82) is 0 Å². The van der Waals surface area contributed by atoms with Crippen LogP contribution in [0, 0.1) is 0 Å². The number of rotatable bonds is 33. The Kier molecular flexibility index (Phi) is 35.1. The van der Waals surface area contributed by atoms with E-state index in [0.717, 1.165) is 44.9 Å². The minimum absolute atomic E-state index is 0.0978. The number of hydrogen-bond acceptors (Lipinski definition) is 5. The molecule has 0 aromatic rings. The summed E-state index contributed by atoms with van der Waals surface area (Å²) in [7, 11) is 0. The number of hydrogen-bond donors (Lipinski definition) is 1. The van der Waals surface area contributed by atoms with Gasteiger partial charge in [0.25, 0.3) is 0 Å². The molecule has 1 N–H and O–H groups in total. The highest BCUT2D eigenvalue weighted by Crippen LogP contribution is 2.12. The Hall–Kier alpha value is -2.40. The number of allylic oxidation sites excluding steroid dienone is 10. The van der Waals surface area contributed by atoms with Crippen molar-refractivity contribution in [3.63, 3.8) is 0 Å². The average molecular weight is 643 g/mol. The Labute approximate surface area is 283 Å². The number of carbonyl (C=O) groups is 2. The van der Waals surface area contributed by atoms with Gasteiger partial charge in [0.2, 0.25) is 0 Å². The van der Waals surface area contributed by atoms with E-state index in [1.54, 1.807) is 0 Å². The highest BCUT2D eigenvalue weighted by atomic mass is 16.6. The summed E-state index contributed by atoms with van der Waals surface area (Å²) in [5.41, 5.74) is 0. The summed E-state index contributed by atoms with van der Waals surface area (Å²) in [6, 6.07) is 0. The molecule has 1 atom stereocenters. The van der Waals surface area contributed by atoms with E-state index < -0.39 is 6.10 Å². The fraction of sp³-hybridized carbons (Fsp3) is 0.707. The molecule has 0 aromatic heterocycles. The van der Waals surface area contributed by atoms with Gasteiger partial charge in [-0.15, -0.1) is 0 Å². The van der Waals surface area contributed by atoms with Crippen LogP contribution in [-0.2, 0) is 19.1 Å². The summed E-state index contributed by atoms with van der Waals surface area (Å²) < 4.78 is 10.5. The molecule has 0 rings (SSSR count). The lowest BCUT2D eigenvalue weighted by molar-refractivity contribution is -0.161. The molecule has 5 nitrogen and oxygen atoms in total. The van der Waals surface area contributed by atoms with Crippen LogP contribution in [0.15, 0.2) is 60.8 Å². The van der Waals surface area contributed by atoms with Crippen LogP contribution in [0.2, 0.25) is 0 Å². The van der Waals surface area contributed by atoms with Crippen LogP contribution in [0.4, 0.5) is 0 Å². The quantitative estimate of drug-likeness (QED) is 0.0438. The molecule has 0 saturated heterocycles. The molecular weight excluding hydrogens is 572 g/mol. The molecule has 0 fully saturated rings. The third-order valence-corrected chi connectivity index (χ3v) is 7.78. The van der Waals surface area contributed by atoms with E-state index in [2.05, 4.69) is 74.6 Å². The van der Waals surface area contributed by atoms with Crippen LogP contribution in [0.1, 0.15) is 168 Å². The standard InChI is InChI=1S/C41H70O5/c1-3-5-7-9-11-13-15-17-19-20-22-23-25-27-29-31-33-35-40(43)45-38-39(37-42)46-41(44)36-34-32-30-28-26-24-21-18-16-14-12-10-8-6-4-2/h11,13-14,16-17,19,22-23,27,29,39,42H,3-10,12,15,18,20-21,24-26,28,30-38H2,1-2H3/b13-11+,16-14+,19-17+,23-22+,29-27+/t39-/m0/s1. The van der Waals surface area contributed by atoms with Crippen LogP contribution < -0.4 is 0 Å². The van der Waals surface area contributed by atoms with Crippen molar-refractivity contribution in [2.75, 3.05) is 13.2 Å². The van der Waals surface area contributed by atoms with Crippen molar-refractivity contribution in [2.45, 2.75) is 174 Å². The fourth-order valence-electron chi connectivity index (χ4n) is 4.89. The third kappa shape index (κ3) is 34.5. The molecule has 0 aliphatic heterocycles. The fourth-order valence-corrected chi connectivity index (χ4v) is 4.89. The van der Waals surface area contributed by atoms with Crippen LogP contribution in [-0.4, -0.2) is 36.4 Å². The second-order valence-electron chi connectivity index (χ2n) is 12.3. The van der Waals surface area contributed by atoms with E-state index in [9.17, 15) is 14.7 Å². The van der Waals surface area contributed by atoms with E-state index in [1.807, 2.05) is 0 Å². The van der Waals surface area contributed by atoms with Gasteiger partial charge in [-0.3, -0.25) is 9.59 Å². The second kappa shape index (κ2) is 37.1. The third-order valence-electron chi connectivity index (χ3n) is 7.78. The minimum atomic E-state index is -0.796. The average Bonchev–Trinajstić information content (AvgIpc) is 3.06. The Bertz CT molecular complexity index is 823. The first-order valence-corrected chi connectivity index (χ1v) is 18.8. The Balaban J connectivity index is 3.69. The molecule has 0 saturated carbocycles. The Morgan fingerprint density at radius 2 is 0.891 bits per heavy atom. The van der Waals surface area contributed by atoms with Gasteiger partial charge in [0.05, 0.1) is 6.61 Å². The van der Waals surface area contributed by atoms with Crippen LogP contribution in [0.5, 0.6) is 0 Å². The van der Waals surface area contributed by atoms with Gasteiger partial charge in [-0.1, -0.05) is 139 Å². The van der Waals surface area contributed by atoms with Crippen molar-refractivity contribution in [3.05, 3.63) is 60.8 Å². The van der Waals surface area contributed by atoms with E-state index in [-0.39, 0.29) is 25.2 Å². The maximum Gasteiger partial charge on any atom is 0.306 e. The smallest absolute Gasteiger partial charge is 0.306 e. The summed E-state index contributed by atoms with van der Waals surface area (Å²) in [6.45, 7) is 4.03. The molecule has 0 radical (unpaired) electrons. The predicted octanol–water partition coefficient (Wildman–Crippen LogP) is 11.6. The van der Waals surface area contributed by atoms with Gasteiger partial charge >= 0.3 is 11.9 Å². The van der Waals surface area contributed by atoms with Gasteiger partial charge in [-0.25, -0.2) is 0 Å². The largest absolute Gasteiger partial charge is 0.462 e. The predicted molar refractivity (Wildman–Crippen MR) is 196 cm³/mol. The lowest BCUT2D eigenvalue weighted by atomic mass is 10.1. The monoisotopic (exact) mass is 643 g/mol. The Morgan fingerprint density at radius 1 is 0.500 bits per heavy atom. The molecule has 0 spiro atoms. The van der Waals surface area contributed by atoms with Gasteiger partial charge in [-0.05, 0) is 77.0 Å². The lowest BCUT2D eigenvalue weighted by Gasteiger charge is -2.15. The van der Waals surface area contributed by atoms with E-state index in [1.165, 1.54) is 89.9 Å². The van der Waals surface area contributed by atoms with Gasteiger partial charge in [-0.2, -0.15) is 0 Å². The highest BCUT2D eigenvalue weighted by Gasteiger charge is 2.16. The van der Waals surface area contributed by atoms with Crippen molar-refractivity contribution in [2.24, 2.45) is 0 Å². The van der Waals surface area contributed by atoms with E-state index in [0.29, 0.717) is 19.3 Å². The maximum absolute atomic E-state index is 12.1. The molecule has 46 heavy (non-hydrogen) atoms. The number of aliphatic hydroxyl groups excluding tert-OH is 1. The van der Waals surface area contributed by atoms with Crippen molar-refractivity contribution in [1.82, 2.24) is 0 Å². The van der Waals surface area contributed by atoms with Crippen molar-refractivity contribution < 1.29 is 24.2 Å². The number of ether oxygens (including phenoxy) is 2. The van der Waals surface area contributed by atoms with Crippen LogP contribution >= 0.6 is 0 Å². The second-order valence-corrected chi connectivity index (χ2v) is 12.3. The molecule has 0 unspecified atom stereocenters. The molecule has 0 aliphatic carbocycles. The van der Waals surface area contributed by atoms with Gasteiger partial charge < -0.3 is 14.6 Å². The summed E-state index contributed by atoms with van der Waals surface area (Å²) in [6.07, 6.45) is 47.0. The lowest BCUT2D eigenvalue weighted by Crippen LogP contribution is -2.28. The topological polar surface area (TPSA) is 72.8 Å². The number of aliphatic hydroxyl groups is 1. The molecule has 5 heteroatoms. The van der Waals surface area contributed by atoms with Crippen LogP contribution in [0.3, 0.4) is 0 Å². The zero-order valence-electron chi connectivity index (χ0n) is 29.8. The van der Waals surface area contributed by atoms with E-state index >= 15 is 0 Å². The molecule has 0 bridgehead atoms. The van der Waals surface area contributed by atoms with Gasteiger partial charge in [0.15, 0.2) is 6.10 Å². The van der Waals surface area contributed by atoms with Crippen molar-refractivity contribution >= 4 is 11.9 Å². The summed E-state index contributed by atoms with van der Waals surface area (Å²) in [4.78, 5) is 24.2. The van der Waals surface area contributed by atoms with E-state index in [4.69, 9.17) is 9.47 Å². The number of unbranched alkanes of at least 4 members (excludes halogenated alkanes) is 15. The SMILES string of the molecule is CCCCC/C=C/C/C=C/C/C=C/C/C=C/CCCC(=O)OC[C@H](CO)OC(=O)CCCCCCCCC/C=C/CCCCCC.